The van der Waals surface area contributed by atoms with Crippen molar-refractivity contribution < 1.29 is 9.59 Å². The highest BCUT2D eigenvalue weighted by Gasteiger charge is 2.29. The molecule has 0 saturated carbocycles. The lowest BCUT2D eigenvalue weighted by Crippen LogP contribution is -2.36. The van der Waals surface area contributed by atoms with Crippen LogP contribution in [0.1, 0.15) is 68.7 Å². The molecule has 3 rings (SSSR count). The summed E-state index contributed by atoms with van der Waals surface area (Å²) < 4.78 is 0. The maximum atomic E-state index is 11.9. The lowest BCUT2D eigenvalue weighted by Gasteiger charge is -2.23. The Balaban J connectivity index is 0.000000609. The van der Waals surface area contributed by atoms with Crippen molar-refractivity contribution in [2.24, 2.45) is 0 Å². The van der Waals surface area contributed by atoms with E-state index in [2.05, 4.69) is 13.8 Å². The van der Waals surface area contributed by atoms with Gasteiger partial charge in [0.1, 0.15) is 0 Å². The minimum atomic E-state index is -0.228. The molecule has 0 spiro atoms. The minimum Gasteiger partial charge on any atom is -0.277 e. The molecule has 0 N–H and O–H groups in total. The van der Waals surface area contributed by atoms with Gasteiger partial charge in [-0.15, -0.1) is 0 Å². The summed E-state index contributed by atoms with van der Waals surface area (Å²) >= 11 is 0. The third-order valence-electron chi connectivity index (χ3n) is 2.97. The van der Waals surface area contributed by atoms with E-state index in [-0.39, 0.29) is 11.8 Å². The van der Waals surface area contributed by atoms with Crippen LogP contribution >= 0.6 is 0 Å². The maximum absolute atomic E-state index is 11.9. The molecular weight excluding hydrogens is 286 g/mol. The third kappa shape index (κ3) is 4.41. The van der Waals surface area contributed by atoms with Gasteiger partial charge in [-0.05, 0) is 17.5 Å². The summed E-state index contributed by atoms with van der Waals surface area (Å²) in [6.07, 6.45) is 1.25. The third-order valence-corrected chi connectivity index (χ3v) is 2.97. The van der Waals surface area contributed by atoms with Crippen LogP contribution in [-0.2, 0) is 0 Å². The molecule has 0 unspecified atom stereocenters. The largest absolute Gasteiger partial charge is 0.277 e. The van der Waals surface area contributed by atoms with Crippen molar-refractivity contribution in [1.82, 2.24) is 4.90 Å². The summed E-state index contributed by atoms with van der Waals surface area (Å²) in [5.41, 5.74) is 1.21. The van der Waals surface area contributed by atoms with E-state index in [1.807, 2.05) is 52.0 Å². The second-order valence-electron chi connectivity index (χ2n) is 4.59. The quantitative estimate of drug-likeness (QED) is 0.599. The molecule has 0 bridgehead atoms. The zero-order valence-corrected chi connectivity index (χ0v) is 15.4. The van der Waals surface area contributed by atoms with Crippen LogP contribution in [0.4, 0.5) is 0 Å². The number of imide groups is 1. The Morgan fingerprint density at radius 3 is 1.48 bits per heavy atom. The SMILES string of the molecule is CC.CC.CCC.CN1C(=O)c2cccc3cccc(c23)C1=O. The van der Waals surface area contributed by atoms with E-state index in [9.17, 15) is 9.59 Å². The number of hydrogen-bond donors (Lipinski definition) is 0. The van der Waals surface area contributed by atoms with Gasteiger partial charge in [-0.3, -0.25) is 14.5 Å². The van der Waals surface area contributed by atoms with Crippen LogP contribution in [0.25, 0.3) is 10.8 Å². The van der Waals surface area contributed by atoms with Gasteiger partial charge < -0.3 is 0 Å². The zero-order valence-electron chi connectivity index (χ0n) is 15.4. The number of hydrogen-bond acceptors (Lipinski definition) is 2. The molecule has 2 aromatic rings. The maximum Gasteiger partial charge on any atom is 0.261 e. The molecule has 0 fully saturated rings. The number of rotatable bonds is 0. The second kappa shape index (κ2) is 10.5. The smallest absolute Gasteiger partial charge is 0.261 e. The number of amides is 2. The van der Waals surface area contributed by atoms with Crippen LogP contribution in [0.2, 0.25) is 0 Å². The number of benzene rings is 2. The summed E-state index contributed by atoms with van der Waals surface area (Å²) in [6, 6.07) is 11.0. The Bertz CT molecular complexity index is 596. The summed E-state index contributed by atoms with van der Waals surface area (Å²) in [5.74, 6) is -0.455. The monoisotopic (exact) mass is 315 g/mol. The molecule has 3 heteroatoms. The van der Waals surface area contributed by atoms with Gasteiger partial charge in [0.15, 0.2) is 0 Å². The summed E-state index contributed by atoms with van der Waals surface area (Å²) in [5, 5.41) is 1.71. The Labute approximate surface area is 140 Å². The highest BCUT2D eigenvalue weighted by Crippen LogP contribution is 2.28. The molecule has 23 heavy (non-hydrogen) atoms. The molecule has 126 valence electrons. The first kappa shape index (κ1) is 20.8. The molecule has 0 aliphatic carbocycles. The molecule has 2 aromatic carbocycles. The fourth-order valence-corrected chi connectivity index (χ4v) is 2.15. The number of carbonyl (C=O) groups is 2. The van der Waals surface area contributed by atoms with Crippen molar-refractivity contribution in [3.05, 3.63) is 47.5 Å². The summed E-state index contributed by atoms with van der Waals surface area (Å²) in [6.45, 7) is 12.2. The van der Waals surface area contributed by atoms with Gasteiger partial charge in [-0.1, -0.05) is 72.2 Å². The topological polar surface area (TPSA) is 37.4 Å². The fourth-order valence-electron chi connectivity index (χ4n) is 2.15. The molecule has 0 aromatic heterocycles. The van der Waals surface area contributed by atoms with Gasteiger partial charge in [0.05, 0.1) is 0 Å². The molecule has 1 heterocycles. The Kier molecular flexibility index (Phi) is 9.56. The van der Waals surface area contributed by atoms with Gasteiger partial charge in [0, 0.05) is 23.6 Å². The minimum absolute atomic E-state index is 0.227. The van der Waals surface area contributed by atoms with Gasteiger partial charge in [-0.25, -0.2) is 0 Å². The highest BCUT2D eigenvalue weighted by molar-refractivity contribution is 6.25. The van der Waals surface area contributed by atoms with Gasteiger partial charge in [-0.2, -0.15) is 0 Å². The Morgan fingerprint density at radius 1 is 0.783 bits per heavy atom. The van der Waals surface area contributed by atoms with Crippen molar-refractivity contribution in [1.29, 1.82) is 0 Å². The average molecular weight is 315 g/mol. The summed E-state index contributed by atoms with van der Waals surface area (Å²) in [4.78, 5) is 25.0. The van der Waals surface area contributed by atoms with E-state index in [1.54, 1.807) is 12.1 Å². The standard InChI is InChI=1S/C13H9NO2.C3H8.2C2H6/c1-14-12(15)9-6-2-4-8-5-3-7-10(11(8)9)13(14)16;1-3-2;2*1-2/h2-7H,1H3;3H2,1-2H3;2*1-2H3. The van der Waals surface area contributed by atoms with E-state index in [0.29, 0.717) is 11.1 Å². The molecule has 3 nitrogen and oxygen atoms in total. The van der Waals surface area contributed by atoms with E-state index in [4.69, 9.17) is 0 Å². The zero-order chi connectivity index (χ0) is 18.0. The first-order chi connectivity index (χ1) is 11.1. The van der Waals surface area contributed by atoms with Crippen molar-refractivity contribution in [2.75, 3.05) is 7.05 Å². The predicted molar refractivity (Wildman–Crippen MR) is 99.0 cm³/mol. The first-order valence-corrected chi connectivity index (χ1v) is 8.45. The molecule has 1 aliphatic rings. The van der Waals surface area contributed by atoms with Crippen molar-refractivity contribution in [2.45, 2.75) is 48.0 Å². The second-order valence-corrected chi connectivity index (χ2v) is 4.59. The average Bonchev–Trinajstić information content (AvgIpc) is 2.62. The Morgan fingerprint density at radius 2 is 1.13 bits per heavy atom. The van der Waals surface area contributed by atoms with Crippen LogP contribution < -0.4 is 0 Å². The van der Waals surface area contributed by atoms with Crippen LogP contribution in [0.3, 0.4) is 0 Å². The van der Waals surface area contributed by atoms with Crippen LogP contribution in [0, 0.1) is 0 Å². The van der Waals surface area contributed by atoms with Crippen LogP contribution in [-0.4, -0.2) is 23.8 Å². The summed E-state index contributed by atoms with van der Waals surface area (Å²) in [7, 11) is 1.51. The van der Waals surface area contributed by atoms with Crippen molar-refractivity contribution >= 4 is 22.6 Å². The number of carbonyl (C=O) groups excluding carboxylic acids is 2. The molecule has 0 atom stereocenters. The van der Waals surface area contributed by atoms with Gasteiger partial charge in [0.2, 0.25) is 0 Å². The van der Waals surface area contributed by atoms with Gasteiger partial charge >= 0.3 is 0 Å². The molecule has 1 aliphatic heterocycles. The van der Waals surface area contributed by atoms with Crippen molar-refractivity contribution in [3.8, 4) is 0 Å². The predicted octanol–water partition coefficient (Wildman–Crippen LogP) is 5.53. The molecule has 0 saturated heterocycles. The van der Waals surface area contributed by atoms with E-state index in [0.717, 1.165) is 15.7 Å². The lowest BCUT2D eigenvalue weighted by molar-refractivity contribution is 0.0650. The normalized spacial score (nSPS) is 11.5. The van der Waals surface area contributed by atoms with Gasteiger partial charge in [0.25, 0.3) is 11.8 Å². The molecular formula is C20H29NO2. The first-order valence-electron chi connectivity index (χ1n) is 8.45. The van der Waals surface area contributed by atoms with Crippen LogP contribution in [0.5, 0.6) is 0 Å². The fraction of sp³-hybridized carbons (Fsp3) is 0.400. The van der Waals surface area contributed by atoms with E-state index < -0.39 is 0 Å². The molecule has 0 radical (unpaired) electrons. The highest BCUT2D eigenvalue weighted by atomic mass is 16.2. The van der Waals surface area contributed by atoms with Crippen LogP contribution in [0.15, 0.2) is 36.4 Å². The number of nitrogens with zero attached hydrogens (tertiary/aromatic N) is 1. The Hall–Kier alpha value is -2.16. The van der Waals surface area contributed by atoms with E-state index in [1.165, 1.54) is 13.5 Å². The molecule has 2 amide bonds. The van der Waals surface area contributed by atoms with Crippen molar-refractivity contribution in [3.63, 3.8) is 0 Å². The lowest BCUT2D eigenvalue weighted by atomic mass is 9.94. The van der Waals surface area contributed by atoms with E-state index >= 15 is 0 Å².